The minimum atomic E-state index is -0.252. The average Bonchev–Trinajstić information content (AvgIpc) is 2.96. The number of rotatable bonds is 2. The fourth-order valence-electron chi connectivity index (χ4n) is 1.74. The van der Waals surface area contributed by atoms with E-state index in [4.69, 9.17) is 4.42 Å². The van der Waals surface area contributed by atoms with E-state index >= 15 is 0 Å². The Morgan fingerprint density at radius 1 is 1.35 bits per heavy atom. The molecule has 0 atom stereocenters. The Labute approximate surface area is 130 Å². The van der Waals surface area contributed by atoms with Crippen molar-refractivity contribution in [2.24, 2.45) is 7.05 Å². The van der Waals surface area contributed by atoms with Gasteiger partial charge in [-0.15, -0.1) is 0 Å². The Balaban J connectivity index is 2.13. The largest absolute Gasteiger partial charge is 0.445 e. The van der Waals surface area contributed by atoms with Crippen molar-refractivity contribution in [3.8, 4) is 22.8 Å². The Bertz CT molecular complexity index is 815. The second kappa shape index (κ2) is 5.02. The lowest BCUT2D eigenvalue weighted by Crippen LogP contribution is -2.08. The van der Waals surface area contributed by atoms with Crippen molar-refractivity contribution in [3.05, 3.63) is 44.0 Å². The first-order chi connectivity index (χ1) is 9.52. The van der Waals surface area contributed by atoms with E-state index in [1.54, 1.807) is 30.2 Å². The fourth-order valence-corrected chi connectivity index (χ4v) is 2.32. The summed E-state index contributed by atoms with van der Waals surface area (Å²) >= 11 is 6.58. The van der Waals surface area contributed by atoms with E-state index in [2.05, 4.69) is 46.9 Å². The maximum atomic E-state index is 11.8. The highest BCUT2D eigenvalue weighted by Crippen LogP contribution is 2.31. The van der Waals surface area contributed by atoms with Gasteiger partial charge in [-0.3, -0.25) is 9.48 Å². The summed E-state index contributed by atoms with van der Waals surface area (Å²) in [6, 6.07) is 3.16. The van der Waals surface area contributed by atoms with Crippen LogP contribution in [0.5, 0.6) is 0 Å². The molecule has 1 N–H and O–H groups in total. The van der Waals surface area contributed by atoms with Crippen LogP contribution in [0.25, 0.3) is 22.8 Å². The highest BCUT2D eigenvalue weighted by molar-refractivity contribution is 9.13. The molecule has 3 heterocycles. The van der Waals surface area contributed by atoms with Gasteiger partial charge in [-0.2, -0.15) is 5.10 Å². The molecule has 0 radical (unpaired) electrons. The quantitative estimate of drug-likeness (QED) is 0.718. The number of nitrogens with zero attached hydrogens (tertiary/aromatic N) is 3. The number of halogens is 2. The highest BCUT2D eigenvalue weighted by Gasteiger charge is 2.13. The number of hydrogen-bond donors (Lipinski definition) is 1. The topological polar surface area (TPSA) is 76.7 Å². The van der Waals surface area contributed by atoms with Crippen LogP contribution in [0.1, 0.15) is 0 Å². The molecule has 3 aromatic heterocycles. The lowest BCUT2D eigenvalue weighted by Gasteiger charge is -1.99. The SMILES string of the molecule is Cn1cc(-c2cc(=O)[nH]c(-c3cc(Br)c(Br)o3)n2)cn1. The van der Waals surface area contributed by atoms with E-state index in [-0.39, 0.29) is 5.56 Å². The Morgan fingerprint density at radius 3 is 2.75 bits per heavy atom. The summed E-state index contributed by atoms with van der Waals surface area (Å²) in [6.07, 6.45) is 3.44. The van der Waals surface area contributed by atoms with Crippen LogP contribution < -0.4 is 5.56 Å². The molecule has 0 unspecified atom stereocenters. The van der Waals surface area contributed by atoms with Gasteiger partial charge < -0.3 is 9.40 Å². The van der Waals surface area contributed by atoms with Crippen molar-refractivity contribution in [1.29, 1.82) is 0 Å². The maximum absolute atomic E-state index is 11.8. The van der Waals surface area contributed by atoms with Crippen molar-refractivity contribution >= 4 is 31.9 Å². The molecule has 20 heavy (non-hydrogen) atoms. The summed E-state index contributed by atoms with van der Waals surface area (Å²) < 4.78 is 8.41. The molecule has 3 aromatic rings. The summed E-state index contributed by atoms with van der Waals surface area (Å²) in [7, 11) is 1.80. The van der Waals surface area contributed by atoms with E-state index in [1.165, 1.54) is 6.07 Å². The first-order valence-electron chi connectivity index (χ1n) is 5.58. The molecule has 0 bridgehead atoms. The van der Waals surface area contributed by atoms with Crippen LogP contribution in [0.4, 0.5) is 0 Å². The van der Waals surface area contributed by atoms with Crippen molar-refractivity contribution < 1.29 is 4.42 Å². The standard InChI is InChI=1S/C12H8Br2N4O2/c1-18-5-6(4-15-18)8-3-10(19)17-12(16-8)9-2-7(13)11(14)20-9/h2-5H,1H3,(H,16,17,19). The molecule has 0 spiro atoms. The molecule has 0 aliphatic carbocycles. The van der Waals surface area contributed by atoms with E-state index in [0.29, 0.717) is 21.9 Å². The molecule has 0 amide bonds. The molecule has 0 aromatic carbocycles. The van der Waals surface area contributed by atoms with Gasteiger partial charge in [0.15, 0.2) is 16.3 Å². The first kappa shape index (κ1) is 13.3. The normalized spacial score (nSPS) is 10.9. The predicted octanol–water partition coefficient (Wildman–Crippen LogP) is 2.96. The van der Waals surface area contributed by atoms with Crippen molar-refractivity contribution in [2.75, 3.05) is 0 Å². The zero-order valence-electron chi connectivity index (χ0n) is 10.2. The lowest BCUT2D eigenvalue weighted by molar-refractivity contribution is 0.549. The summed E-state index contributed by atoms with van der Waals surface area (Å²) in [5.41, 5.74) is 1.06. The van der Waals surface area contributed by atoms with Gasteiger partial charge in [0.2, 0.25) is 0 Å². The second-order valence-electron chi connectivity index (χ2n) is 4.11. The summed E-state index contributed by atoms with van der Waals surface area (Å²) in [5, 5.41) is 4.07. The summed E-state index contributed by atoms with van der Waals surface area (Å²) in [5.74, 6) is 0.828. The van der Waals surface area contributed by atoms with Crippen LogP contribution in [0.3, 0.4) is 0 Å². The predicted molar refractivity (Wildman–Crippen MR) is 80.2 cm³/mol. The number of furan rings is 1. The molecule has 6 nitrogen and oxygen atoms in total. The monoisotopic (exact) mass is 398 g/mol. The number of nitrogens with one attached hydrogen (secondary N) is 1. The minimum absolute atomic E-state index is 0.252. The van der Waals surface area contributed by atoms with Crippen LogP contribution in [0, 0.1) is 0 Å². The van der Waals surface area contributed by atoms with Gasteiger partial charge in [0, 0.05) is 30.9 Å². The molecular formula is C12H8Br2N4O2. The van der Waals surface area contributed by atoms with Gasteiger partial charge in [-0.1, -0.05) is 0 Å². The van der Waals surface area contributed by atoms with Crippen LogP contribution >= 0.6 is 31.9 Å². The average molecular weight is 400 g/mol. The van der Waals surface area contributed by atoms with Crippen LogP contribution in [0.2, 0.25) is 0 Å². The van der Waals surface area contributed by atoms with Gasteiger partial charge in [0.25, 0.3) is 5.56 Å². The summed E-state index contributed by atoms with van der Waals surface area (Å²) in [6.45, 7) is 0. The fraction of sp³-hybridized carbons (Fsp3) is 0.0833. The van der Waals surface area contributed by atoms with Gasteiger partial charge >= 0.3 is 0 Å². The van der Waals surface area contributed by atoms with Gasteiger partial charge in [-0.05, 0) is 31.9 Å². The van der Waals surface area contributed by atoms with E-state index in [1.807, 2.05) is 0 Å². The third-order valence-electron chi connectivity index (χ3n) is 2.62. The number of aromatic amines is 1. The molecule has 3 rings (SSSR count). The Kier molecular flexibility index (Phi) is 3.35. The second-order valence-corrected chi connectivity index (χ2v) is 5.69. The summed E-state index contributed by atoms with van der Waals surface area (Å²) in [4.78, 5) is 18.8. The number of aryl methyl sites for hydroxylation is 1. The third-order valence-corrected chi connectivity index (χ3v) is 4.33. The lowest BCUT2D eigenvalue weighted by atomic mass is 10.2. The Hall–Kier alpha value is -1.67. The van der Waals surface area contributed by atoms with Crippen LogP contribution in [-0.4, -0.2) is 19.7 Å². The smallest absolute Gasteiger partial charge is 0.251 e. The molecule has 8 heteroatoms. The zero-order valence-corrected chi connectivity index (χ0v) is 13.4. The number of H-pyrrole nitrogens is 1. The highest BCUT2D eigenvalue weighted by atomic mass is 79.9. The zero-order chi connectivity index (χ0) is 14.3. The van der Waals surface area contributed by atoms with Gasteiger partial charge in [0.05, 0.1) is 16.4 Å². The first-order valence-corrected chi connectivity index (χ1v) is 7.17. The molecule has 0 saturated carbocycles. The third kappa shape index (κ3) is 2.48. The number of hydrogen-bond acceptors (Lipinski definition) is 4. The van der Waals surface area contributed by atoms with Crippen molar-refractivity contribution in [2.45, 2.75) is 0 Å². The van der Waals surface area contributed by atoms with Gasteiger partial charge in [0.1, 0.15) is 0 Å². The van der Waals surface area contributed by atoms with Crippen LogP contribution in [0.15, 0.2) is 42.9 Å². The molecule has 0 fully saturated rings. The van der Waals surface area contributed by atoms with Crippen LogP contribution in [-0.2, 0) is 7.05 Å². The van der Waals surface area contributed by atoms with E-state index in [9.17, 15) is 4.79 Å². The Morgan fingerprint density at radius 2 is 2.15 bits per heavy atom. The molecule has 0 aliphatic rings. The maximum Gasteiger partial charge on any atom is 0.251 e. The van der Waals surface area contributed by atoms with E-state index in [0.717, 1.165) is 10.0 Å². The molecule has 102 valence electrons. The van der Waals surface area contributed by atoms with Gasteiger partial charge in [-0.25, -0.2) is 4.98 Å². The van der Waals surface area contributed by atoms with Crippen molar-refractivity contribution in [1.82, 2.24) is 19.7 Å². The van der Waals surface area contributed by atoms with E-state index < -0.39 is 0 Å². The number of aromatic nitrogens is 4. The van der Waals surface area contributed by atoms with Crippen molar-refractivity contribution in [3.63, 3.8) is 0 Å². The molecular weight excluding hydrogens is 392 g/mol. The molecule has 0 aliphatic heterocycles. The minimum Gasteiger partial charge on any atom is -0.445 e. The molecule has 0 saturated heterocycles.